The zero-order chi connectivity index (χ0) is 22.2. The first kappa shape index (κ1) is 22.2. The molecule has 0 radical (unpaired) electrons. The van der Waals surface area contributed by atoms with Gasteiger partial charge in [-0.1, -0.05) is 44.5 Å². The highest BCUT2D eigenvalue weighted by atomic mass is 35.5. The van der Waals surface area contributed by atoms with E-state index < -0.39 is 23.6 Å². The van der Waals surface area contributed by atoms with Crippen molar-refractivity contribution in [1.82, 2.24) is 9.55 Å². The molecule has 0 aliphatic heterocycles. The molecule has 0 fully saturated rings. The normalized spacial score (nSPS) is 14.1. The number of carboxylic acids is 1. The van der Waals surface area contributed by atoms with Crippen molar-refractivity contribution in [2.45, 2.75) is 39.8 Å². The second-order valence-electron chi connectivity index (χ2n) is 7.51. The van der Waals surface area contributed by atoms with Gasteiger partial charge >= 0.3 is 12.1 Å². The average Bonchev–Trinajstić information content (AvgIpc) is 3.03. The number of aliphatic carboxylic acids is 1. The van der Waals surface area contributed by atoms with E-state index in [4.69, 9.17) is 16.7 Å². The maximum atomic E-state index is 13.2. The highest BCUT2D eigenvalue weighted by molar-refractivity contribution is 6.32. The van der Waals surface area contributed by atoms with Crippen LogP contribution in [0.15, 0.2) is 36.4 Å². The topological polar surface area (TPSA) is 55.1 Å². The SMILES string of the molecule is CCc1nc2cc(C(F)(F)F)c(Cl)cc2n1-c1ccc(C[C@@H](C)C(C)C(=O)O)cc1. The zero-order valence-corrected chi connectivity index (χ0v) is 17.6. The lowest BCUT2D eigenvalue weighted by atomic mass is 9.90. The molecule has 160 valence electrons. The van der Waals surface area contributed by atoms with Crippen LogP contribution in [0.5, 0.6) is 0 Å². The fourth-order valence-corrected chi connectivity index (χ4v) is 3.73. The summed E-state index contributed by atoms with van der Waals surface area (Å²) in [4.78, 5) is 15.5. The van der Waals surface area contributed by atoms with Crippen LogP contribution in [0.1, 0.15) is 37.7 Å². The van der Waals surface area contributed by atoms with Gasteiger partial charge in [-0.2, -0.15) is 13.2 Å². The summed E-state index contributed by atoms with van der Waals surface area (Å²) in [5, 5.41) is 8.79. The molecule has 3 rings (SSSR count). The number of hydrogen-bond donors (Lipinski definition) is 1. The Morgan fingerprint density at radius 3 is 2.37 bits per heavy atom. The number of halogens is 4. The van der Waals surface area contributed by atoms with Gasteiger partial charge < -0.3 is 5.11 Å². The minimum atomic E-state index is -4.55. The molecule has 3 aromatic rings. The molecule has 0 spiro atoms. The molecule has 1 N–H and O–H groups in total. The molecule has 4 nitrogen and oxygen atoms in total. The van der Waals surface area contributed by atoms with E-state index in [0.717, 1.165) is 17.3 Å². The third-order valence-electron chi connectivity index (χ3n) is 5.43. The van der Waals surface area contributed by atoms with E-state index in [1.807, 2.05) is 38.1 Å². The van der Waals surface area contributed by atoms with Crippen LogP contribution in [-0.4, -0.2) is 20.6 Å². The van der Waals surface area contributed by atoms with Gasteiger partial charge in [0.25, 0.3) is 0 Å². The predicted molar refractivity (Wildman–Crippen MR) is 110 cm³/mol. The van der Waals surface area contributed by atoms with Gasteiger partial charge in [0.1, 0.15) is 5.82 Å². The summed E-state index contributed by atoms with van der Waals surface area (Å²) in [7, 11) is 0. The third kappa shape index (κ3) is 4.31. The number of aromatic nitrogens is 2. The Balaban J connectivity index is 2.00. The van der Waals surface area contributed by atoms with E-state index in [9.17, 15) is 18.0 Å². The minimum Gasteiger partial charge on any atom is -0.481 e. The minimum absolute atomic E-state index is 0.0341. The Labute approximate surface area is 177 Å². The fourth-order valence-electron chi connectivity index (χ4n) is 3.46. The van der Waals surface area contributed by atoms with Crippen molar-refractivity contribution in [1.29, 1.82) is 0 Å². The fraction of sp³-hybridized carbons (Fsp3) is 0.364. The van der Waals surface area contributed by atoms with Crippen LogP contribution in [0, 0.1) is 11.8 Å². The molecule has 0 amide bonds. The highest BCUT2D eigenvalue weighted by Gasteiger charge is 2.34. The predicted octanol–water partition coefficient (Wildman–Crippen LogP) is 6.16. The molecule has 2 aromatic carbocycles. The molecule has 0 saturated carbocycles. The third-order valence-corrected chi connectivity index (χ3v) is 5.74. The molecule has 1 heterocycles. The standard InChI is InChI=1S/C22H22ClF3N2O2/c1-4-20-27-18-10-16(22(24,25)26)17(23)11-19(18)28(20)15-7-5-14(6-8-15)9-12(2)13(3)21(29)30/h5-8,10-13H,4,9H2,1-3H3,(H,29,30)/t12-,13?/m1/s1. The summed E-state index contributed by atoms with van der Waals surface area (Å²) in [5.74, 6) is -0.695. The lowest BCUT2D eigenvalue weighted by molar-refractivity contribution is -0.142. The lowest BCUT2D eigenvalue weighted by Crippen LogP contribution is -2.19. The maximum Gasteiger partial charge on any atom is 0.417 e. The van der Waals surface area contributed by atoms with Crippen molar-refractivity contribution < 1.29 is 23.1 Å². The lowest BCUT2D eigenvalue weighted by Gasteiger charge is -2.16. The number of aryl methyl sites for hydroxylation is 1. The number of carbonyl (C=O) groups is 1. The van der Waals surface area contributed by atoms with E-state index in [1.54, 1.807) is 11.5 Å². The molecular formula is C22H22ClF3N2O2. The number of imidazole rings is 1. The van der Waals surface area contributed by atoms with Gasteiger partial charge in [0.05, 0.1) is 27.5 Å². The molecule has 0 aliphatic carbocycles. The van der Waals surface area contributed by atoms with Crippen molar-refractivity contribution in [3.63, 3.8) is 0 Å². The first-order valence-electron chi connectivity index (χ1n) is 9.63. The maximum absolute atomic E-state index is 13.2. The van der Waals surface area contributed by atoms with E-state index in [1.165, 1.54) is 6.07 Å². The van der Waals surface area contributed by atoms with Crippen molar-refractivity contribution in [3.05, 3.63) is 58.4 Å². The molecule has 0 aliphatic rings. The van der Waals surface area contributed by atoms with E-state index in [-0.39, 0.29) is 16.5 Å². The Morgan fingerprint density at radius 1 is 1.20 bits per heavy atom. The van der Waals surface area contributed by atoms with Gasteiger partial charge in [-0.3, -0.25) is 9.36 Å². The number of rotatable bonds is 6. The number of nitrogens with zero attached hydrogens (tertiary/aromatic N) is 2. The van der Waals surface area contributed by atoms with Gasteiger partial charge in [-0.15, -0.1) is 0 Å². The van der Waals surface area contributed by atoms with E-state index >= 15 is 0 Å². The number of fused-ring (bicyclic) bond motifs is 1. The molecule has 30 heavy (non-hydrogen) atoms. The number of carboxylic acid groups (broad SMARTS) is 1. The van der Waals surface area contributed by atoms with Gasteiger partial charge in [0.2, 0.25) is 0 Å². The molecule has 1 aromatic heterocycles. The Bertz CT molecular complexity index is 1070. The summed E-state index contributed by atoms with van der Waals surface area (Å²) in [6.45, 7) is 5.46. The van der Waals surface area contributed by atoms with E-state index in [2.05, 4.69) is 4.98 Å². The van der Waals surface area contributed by atoms with Crippen LogP contribution >= 0.6 is 11.6 Å². The van der Waals surface area contributed by atoms with Crippen LogP contribution in [0.3, 0.4) is 0 Å². The first-order chi connectivity index (χ1) is 14.0. The Kier molecular flexibility index (Phi) is 6.13. The smallest absolute Gasteiger partial charge is 0.417 e. The van der Waals surface area contributed by atoms with Crippen LogP contribution in [0.4, 0.5) is 13.2 Å². The van der Waals surface area contributed by atoms with Crippen LogP contribution in [0.2, 0.25) is 5.02 Å². The quantitative estimate of drug-likeness (QED) is 0.501. The van der Waals surface area contributed by atoms with Gasteiger partial charge in [0.15, 0.2) is 0 Å². The van der Waals surface area contributed by atoms with Gasteiger partial charge in [-0.25, -0.2) is 4.98 Å². The molecule has 1 unspecified atom stereocenters. The summed E-state index contributed by atoms with van der Waals surface area (Å²) < 4.78 is 41.4. The van der Waals surface area contributed by atoms with Crippen LogP contribution < -0.4 is 0 Å². The largest absolute Gasteiger partial charge is 0.481 e. The Hall–Kier alpha value is -2.54. The monoisotopic (exact) mass is 438 g/mol. The second kappa shape index (κ2) is 8.30. The first-order valence-corrected chi connectivity index (χ1v) is 10.0. The summed E-state index contributed by atoms with van der Waals surface area (Å²) in [6.07, 6.45) is -3.41. The summed E-state index contributed by atoms with van der Waals surface area (Å²) in [5.41, 5.74) is 1.58. The van der Waals surface area contributed by atoms with Crippen molar-refractivity contribution in [2.75, 3.05) is 0 Å². The molecular weight excluding hydrogens is 417 g/mol. The molecule has 0 saturated heterocycles. The van der Waals surface area contributed by atoms with Crippen LogP contribution in [-0.2, 0) is 23.8 Å². The van der Waals surface area contributed by atoms with Crippen molar-refractivity contribution in [2.24, 2.45) is 11.8 Å². The Morgan fingerprint density at radius 2 is 1.83 bits per heavy atom. The molecule has 8 heteroatoms. The molecule has 2 atom stereocenters. The number of hydrogen-bond acceptors (Lipinski definition) is 2. The van der Waals surface area contributed by atoms with Crippen molar-refractivity contribution in [3.8, 4) is 5.69 Å². The number of benzene rings is 2. The van der Waals surface area contributed by atoms with Crippen LogP contribution in [0.25, 0.3) is 16.7 Å². The summed E-state index contributed by atoms with van der Waals surface area (Å²) in [6, 6.07) is 9.81. The molecule has 0 bridgehead atoms. The highest BCUT2D eigenvalue weighted by Crippen LogP contribution is 2.37. The average molecular weight is 439 g/mol. The zero-order valence-electron chi connectivity index (χ0n) is 16.8. The van der Waals surface area contributed by atoms with Gasteiger partial charge in [-0.05, 0) is 42.2 Å². The van der Waals surface area contributed by atoms with Crippen molar-refractivity contribution >= 4 is 28.6 Å². The second-order valence-corrected chi connectivity index (χ2v) is 7.92. The number of alkyl halides is 3. The van der Waals surface area contributed by atoms with E-state index in [0.29, 0.717) is 24.2 Å². The summed E-state index contributed by atoms with van der Waals surface area (Å²) >= 11 is 5.93. The van der Waals surface area contributed by atoms with Gasteiger partial charge in [0, 0.05) is 12.1 Å².